The van der Waals surface area contributed by atoms with Crippen LogP contribution in [0.25, 0.3) is 0 Å². The fraction of sp³-hybridized carbons (Fsp3) is 0.167. The maximum Gasteiger partial charge on any atom is 0.341 e. The molecule has 0 atom stereocenters. The van der Waals surface area contributed by atoms with E-state index in [0.717, 1.165) is 0 Å². The van der Waals surface area contributed by atoms with E-state index < -0.39 is 5.97 Å². The van der Waals surface area contributed by atoms with E-state index in [-0.39, 0.29) is 16.5 Å². The first kappa shape index (κ1) is 8.73. The summed E-state index contributed by atoms with van der Waals surface area (Å²) < 4.78 is 4.43. The number of anilines is 1. The number of esters is 1. The van der Waals surface area contributed by atoms with E-state index in [0.29, 0.717) is 0 Å². The van der Waals surface area contributed by atoms with Crippen LogP contribution in [0.1, 0.15) is 10.4 Å². The average molecular weight is 188 g/mol. The van der Waals surface area contributed by atoms with E-state index >= 15 is 0 Å². The van der Waals surface area contributed by atoms with Gasteiger partial charge in [0.1, 0.15) is 5.56 Å². The molecule has 1 aromatic rings. The highest BCUT2D eigenvalue weighted by atomic mass is 35.5. The fourth-order valence-electron chi connectivity index (χ4n) is 0.651. The zero-order valence-electron chi connectivity index (χ0n) is 6.24. The van der Waals surface area contributed by atoms with E-state index in [9.17, 15) is 4.79 Å². The maximum atomic E-state index is 11.0. The van der Waals surface area contributed by atoms with Crippen LogP contribution < -0.4 is 5.73 Å². The second kappa shape index (κ2) is 3.36. The lowest BCUT2D eigenvalue weighted by Crippen LogP contribution is -2.08. The van der Waals surface area contributed by atoms with Crippen molar-refractivity contribution in [3.8, 4) is 0 Å². The number of rotatable bonds is 1. The van der Waals surface area contributed by atoms with Crippen molar-refractivity contribution in [2.24, 2.45) is 0 Å². The molecule has 0 radical (unpaired) electrons. The number of nitrogen functional groups attached to an aromatic ring is 1. The highest BCUT2D eigenvalue weighted by Crippen LogP contribution is 2.12. The molecule has 0 spiro atoms. The van der Waals surface area contributed by atoms with Gasteiger partial charge in [-0.25, -0.2) is 4.79 Å². The molecule has 1 rings (SSSR count). The Balaban J connectivity index is 3.13. The number of nitrogens with two attached hydrogens (primary N) is 1. The third kappa shape index (κ3) is 1.62. The summed E-state index contributed by atoms with van der Waals surface area (Å²) in [6.07, 6.45) is 0. The quantitative estimate of drug-likeness (QED) is 0.648. The molecule has 64 valence electrons. The molecular formula is C6H6ClN3O2. The molecule has 0 aliphatic heterocycles. The van der Waals surface area contributed by atoms with Gasteiger partial charge in [-0.15, -0.1) is 10.2 Å². The fourth-order valence-corrected chi connectivity index (χ4v) is 0.798. The minimum absolute atomic E-state index is 0.00579. The Kier molecular flexibility index (Phi) is 2.44. The lowest BCUT2D eigenvalue weighted by Gasteiger charge is -2.00. The number of carbonyl (C=O) groups is 1. The lowest BCUT2D eigenvalue weighted by molar-refractivity contribution is 0.0601. The van der Waals surface area contributed by atoms with Gasteiger partial charge in [0.25, 0.3) is 0 Å². The van der Waals surface area contributed by atoms with Gasteiger partial charge >= 0.3 is 5.97 Å². The molecule has 1 heterocycles. The number of nitrogens with zero attached hydrogens (tertiary/aromatic N) is 2. The van der Waals surface area contributed by atoms with Crippen molar-refractivity contribution in [1.29, 1.82) is 0 Å². The summed E-state index contributed by atoms with van der Waals surface area (Å²) in [7, 11) is 1.25. The Labute approximate surface area is 73.5 Å². The van der Waals surface area contributed by atoms with Crippen molar-refractivity contribution >= 4 is 23.4 Å². The molecule has 12 heavy (non-hydrogen) atoms. The summed E-state index contributed by atoms with van der Waals surface area (Å²) in [5.74, 6) is -0.574. The minimum Gasteiger partial charge on any atom is -0.465 e. The molecule has 0 saturated heterocycles. The first-order valence-corrected chi connectivity index (χ1v) is 3.40. The molecule has 0 aliphatic carbocycles. The van der Waals surface area contributed by atoms with Crippen LogP contribution in [0.15, 0.2) is 6.07 Å². The first-order valence-electron chi connectivity index (χ1n) is 3.02. The zero-order valence-corrected chi connectivity index (χ0v) is 7.00. The molecule has 0 aromatic carbocycles. The summed E-state index contributed by atoms with van der Waals surface area (Å²) in [5, 5.41) is 6.98. The highest BCUT2D eigenvalue weighted by Gasteiger charge is 2.11. The largest absolute Gasteiger partial charge is 0.465 e. The Hall–Kier alpha value is -1.36. The molecule has 0 aliphatic rings. The summed E-state index contributed by atoms with van der Waals surface area (Å²) in [5.41, 5.74) is 5.46. The molecule has 0 bridgehead atoms. The number of hydrogen-bond acceptors (Lipinski definition) is 5. The van der Waals surface area contributed by atoms with Gasteiger partial charge in [-0.3, -0.25) is 0 Å². The van der Waals surface area contributed by atoms with E-state index in [1.165, 1.54) is 13.2 Å². The van der Waals surface area contributed by atoms with Crippen molar-refractivity contribution in [3.05, 3.63) is 16.8 Å². The maximum absolute atomic E-state index is 11.0. The molecule has 0 fully saturated rings. The topological polar surface area (TPSA) is 78.1 Å². The summed E-state index contributed by atoms with van der Waals surface area (Å²) in [6, 6.07) is 1.30. The van der Waals surface area contributed by atoms with Gasteiger partial charge in [0.2, 0.25) is 0 Å². The minimum atomic E-state index is -0.579. The number of aromatic nitrogens is 2. The molecule has 6 heteroatoms. The van der Waals surface area contributed by atoms with Crippen LogP contribution in [0.4, 0.5) is 5.82 Å². The summed E-state index contributed by atoms with van der Waals surface area (Å²) in [6.45, 7) is 0. The van der Waals surface area contributed by atoms with Crippen LogP contribution in [-0.4, -0.2) is 23.3 Å². The second-order valence-electron chi connectivity index (χ2n) is 1.96. The van der Waals surface area contributed by atoms with Crippen LogP contribution in [0.3, 0.4) is 0 Å². The van der Waals surface area contributed by atoms with Crippen LogP contribution in [0.5, 0.6) is 0 Å². The molecule has 0 amide bonds. The highest BCUT2D eigenvalue weighted by molar-refractivity contribution is 6.29. The predicted molar refractivity (Wildman–Crippen MR) is 42.8 cm³/mol. The lowest BCUT2D eigenvalue weighted by atomic mass is 10.3. The molecule has 5 nitrogen and oxygen atoms in total. The molecule has 2 N–H and O–H groups in total. The molecular weight excluding hydrogens is 182 g/mol. The number of hydrogen-bond donors (Lipinski definition) is 1. The van der Waals surface area contributed by atoms with Gasteiger partial charge in [0.05, 0.1) is 7.11 Å². The van der Waals surface area contributed by atoms with E-state index in [4.69, 9.17) is 17.3 Å². The number of carbonyl (C=O) groups excluding carboxylic acids is 1. The Morgan fingerprint density at radius 2 is 2.33 bits per heavy atom. The first-order chi connectivity index (χ1) is 5.65. The van der Waals surface area contributed by atoms with Gasteiger partial charge in [0, 0.05) is 0 Å². The van der Waals surface area contributed by atoms with Gasteiger partial charge in [-0.05, 0) is 6.07 Å². The van der Waals surface area contributed by atoms with E-state index in [1.807, 2.05) is 0 Å². The monoisotopic (exact) mass is 187 g/mol. The van der Waals surface area contributed by atoms with Crippen molar-refractivity contribution in [2.75, 3.05) is 12.8 Å². The van der Waals surface area contributed by atoms with Crippen LogP contribution in [0.2, 0.25) is 5.15 Å². The zero-order chi connectivity index (χ0) is 9.14. The van der Waals surface area contributed by atoms with Gasteiger partial charge in [-0.2, -0.15) is 0 Å². The second-order valence-corrected chi connectivity index (χ2v) is 2.34. The third-order valence-electron chi connectivity index (χ3n) is 1.20. The Morgan fingerprint density at radius 1 is 1.67 bits per heavy atom. The number of ether oxygens (including phenoxy) is 1. The normalized spacial score (nSPS) is 9.50. The van der Waals surface area contributed by atoms with Gasteiger partial charge in [0.15, 0.2) is 11.0 Å². The number of methoxy groups -OCH3 is 1. The third-order valence-corrected chi connectivity index (χ3v) is 1.38. The SMILES string of the molecule is COC(=O)c1cc(Cl)nnc1N. The van der Waals surface area contributed by atoms with E-state index in [2.05, 4.69) is 14.9 Å². The van der Waals surface area contributed by atoms with Crippen molar-refractivity contribution < 1.29 is 9.53 Å². The van der Waals surface area contributed by atoms with Gasteiger partial charge in [-0.1, -0.05) is 11.6 Å². The van der Waals surface area contributed by atoms with Gasteiger partial charge < -0.3 is 10.5 Å². The van der Waals surface area contributed by atoms with Crippen LogP contribution in [0, 0.1) is 0 Å². The van der Waals surface area contributed by atoms with Crippen molar-refractivity contribution in [2.45, 2.75) is 0 Å². The molecule has 0 unspecified atom stereocenters. The number of halogens is 1. The summed E-state index contributed by atoms with van der Waals surface area (Å²) in [4.78, 5) is 11.0. The van der Waals surface area contributed by atoms with Crippen LogP contribution in [-0.2, 0) is 4.74 Å². The molecule has 1 aromatic heterocycles. The average Bonchev–Trinajstić information content (AvgIpc) is 2.08. The van der Waals surface area contributed by atoms with E-state index in [1.54, 1.807) is 0 Å². The smallest absolute Gasteiger partial charge is 0.341 e. The van der Waals surface area contributed by atoms with Crippen molar-refractivity contribution in [1.82, 2.24) is 10.2 Å². The Bertz CT molecular complexity index is 316. The Morgan fingerprint density at radius 3 is 2.92 bits per heavy atom. The van der Waals surface area contributed by atoms with Crippen molar-refractivity contribution in [3.63, 3.8) is 0 Å². The van der Waals surface area contributed by atoms with Crippen LogP contribution >= 0.6 is 11.6 Å². The molecule has 0 saturated carbocycles. The summed E-state index contributed by atoms with van der Waals surface area (Å²) >= 11 is 5.48. The standard InChI is InChI=1S/C6H6ClN3O2/c1-12-6(11)3-2-4(7)9-10-5(3)8/h2H,1H3,(H2,8,10). The predicted octanol–water partition coefficient (Wildman–Crippen LogP) is 0.499.